The molecule has 0 amide bonds. The molecule has 196 valence electrons. The number of carboxylic acids is 1. The number of nitrogens with one attached hydrogen (secondary N) is 1. The molecule has 1 aliphatic heterocycles. The third kappa shape index (κ3) is 4.21. The van der Waals surface area contributed by atoms with Crippen LogP contribution in [0, 0.1) is 0 Å². The van der Waals surface area contributed by atoms with Gasteiger partial charge in [0.05, 0.1) is 5.56 Å². The van der Waals surface area contributed by atoms with Gasteiger partial charge in [-0.15, -0.1) is 0 Å². The molecule has 0 bridgehead atoms. The minimum Gasteiger partial charge on any atom is -0.480 e. The normalized spacial score (nSPS) is 16.8. The average Bonchev–Trinajstić information content (AvgIpc) is 2.87. The van der Waals surface area contributed by atoms with Crippen molar-refractivity contribution >= 4 is 32.5 Å². The molecule has 12 heteroatoms. The molecule has 2 heterocycles. The average molecular weight is 544 g/mol. The number of nitrogens with zero attached hydrogens (tertiary/aromatic N) is 1. The summed E-state index contributed by atoms with van der Waals surface area (Å²) in [5.41, 5.74) is 3.88. The molecule has 1 aliphatic rings. The first-order valence-corrected chi connectivity index (χ1v) is 12.8. The number of aliphatic carboxylic acids is 1. The lowest BCUT2D eigenvalue weighted by atomic mass is 9.92. The molecule has 8 nitrogen and oxygen atoms in total. The van der Waals surface area contributed by atoms with E-state index in [9.17, 15) is 36.3 Å². The third-order valence-corrected chi connectivity index (χ3v) is 8.01. The van der Waals surface area contributed by atoms with Crippen molar-refractivity contribution in [2.75, 3.05) is 12.3 Å². The molecule has 0 spiro atoms. The van der Waals surface area contributed by atoms with Gasteiger partial charge in [-0.25, -0.2) is 17.9 Å². The van der Waals surface area contributed by atoms with E-state index in [0.29, 0.717) is 10.1 Å². The predicted octanol–water partition coefficient (Wildman–Crippen LogP) is 3.78. The van der Waals surface area contributed by atoms with Gasteiger partial charge in [0.15, 0.2) is 5.03 Å². The van der Waals surface area contributed by atoms with Gasteiger partial charge in [-0.3, -0.25) is 9.36 Å². The van der Waals surface area contributed by atoms with Gasteiger partial charge in [0.1, 0.15) is 11.7 Å². The van der Waals surface area contributed by atoms with E-state index < -0.39 is 56.6 Å². The van der Waals surface area contributed by atoms with Gasteiger partial charge in [-0.1, -0.05) is 54.6 Å². The molecule has 0 radical (unpaired) electrons. The van der Waals surface area contributed by atoms with E-state index in [1.807, 2.05) is 24.3 Å². The summed E-state index contributed by atoms with van der Waals surface area (Å²) in [5, 5.41) is 10.6. The fraction of sp³-hybridized carbons (Fsp3) is 0.154. The summed E-state index contributed by atoms with van der Waals surface area (Å²) >= 11 is 0. The first-order chi connectivity index (χ1) is 17.9. The van der Waals surface area contributed by atoms with Crippen molar-refractivity contribution in [2.24, 2.45) is 0 Å². The molecule has 0 fully saturated rings. The molecule has 1 aromatic heterocycles. The topological polar surface area (TPSA) is 131 Å². The Kier molecular flexibility index (Phi) is 6.03. The van der Waals surface area contributed by atoms with Gasteiger partial charge in [-0.05, 0) is 39.6 Å². The summed E-state index contributed by atoms with van der Waals surface area (Å²) in [6, 6.07) is 14.9. The second kappa shape index (κ2) is 8.99. The molecular formula is C26H20F3N3O5S. The minimum absolute atomic E-state index is 0.0201. The number of sulfonamides is 1. The van der Waals surface area contributed by atoms with E-state index in [1.165, 1.54) is 6.07 Å². The Balaban J connectivity index is 1.91. The van der Waals surface area contributed by atoms with Crippen LogP contribution in [0.5, 0.6) is 0 Å². The summed E-state index contributed by atoms with van der Waals surface area (Å²) in [6.45, 7) is -0.630. The number of nitrogen functional groups attached to an aromatic ring is 1. The highest BCUT2D eigenvalue weighted by atomic mass is 32.2. The van der Waals surface area contributed by atoms with Gasteiger partial charge >= 0.3 is 12.1 Å². The Bertz CT molecular complexity index is 1780. The number of fused-ring (bicyclic) bond motifs is 2. The van der Waals surface area contributed by atoms with Crippen LogP contribution in [0.3, 0.4) is 0 Å². The Hall–Kier alpha value is -4.16. The fourth-order valence-corrected chi connectivity index (χ4v) is 6.29. The molecule has 1 unspecified atom stereocenters. The number of hydrogen-bond donors (Lipinski definition) is 3. The Labute approximate surface area is 214 Å². The van der Waals surface area contributed by atoms with Crippen LogP contribution < -0.4 is 16.0 Å². The zero-order valence-electron chi connectivity index (χ0n) is 19.5. The highest BCUT2D eigenvalue weighted by molar-refractivity contribution is 7.89. The number of carbonyl (C=O) groups is 1. The smallest absolute Gasteiger partial charge is 0.416 e. The van der Waals surface area contributed by atoms with Crippen LogP contribution in [0.15, 0.2) is 76.6 Å². The number of rotatable bonds is 4. The number of aromatic nitrogens is 1. The molecule has 38 heavy (non-hydrogen) atoms. The molecule has 0 aliphatic carbocycles. The first kappa shape index (κ1) is 25.5. The molecule has 0 saturated heterocycles. The molecule has 4 N–H and O–H groups in total. The van der Waals surface area contributed by atoms with Crippen LogP contribution >= 0.6 is 0 Å². The van der Waals surface area contributed by atoms with Gasteiger partial charge in [0.2, 0.25) is 0 Å². The monoisotopic (exact) mass is 543 g/mol. The lowest BCUT2D eigenvalue weighted by Gasteiger charge is -2.30. The van der Waals surface area contributed by atoms with Crippen molar-refractivity contribution in [2.45, 2.75) is 23.7 Å². The van der Waals surface area contributed by atoms with Crippen LogP contribution in [-0.2, 0) is 27.4 Å². The highest BCUT2D eigenvalue weighted by Crippen LogP contribution is 2.40. The van der Waals surface area contributed by atoms with Crippen LogP contribution in [0.4, 0.5) is 18.9 Å². The summed E-state index contributed by atoms with van der Waals surface area (Å²) in [5.74, 6) is -1.51. The second-order valence-corrected chi connectivity index (χ2v) is 10.5. The molecule has 5 rings (SSSR count). The van der Waals surface area contributed by atoms with Gasteiger partial charge in [0.25, 0.3) is 15.6 Å². The summed E-state index contributed by atoms with van der Waals surface area (Å²) in [4.78, 5) is 25.4. The second-order valence-electron chi connectivity index (χ2n) is 8.85. The number of nitrogens with two attached hydrogens (primary N) is 1. The first-order valence-electron chi connectivity index (χ1n) is 11.3. The molecule has 3 aromatic carbocycles. The Morgan fingerprint density at radius 1 is 1.08 bits per heavy atom. The van der Waals surface area contributed by atoms with E-state index >= 15 is 0 Å². The quantitative estimate of drug-likeness (QED) is 0.359. The van der Waals surface area contributed by atoms with E-state index in [1.54, 1.807) is 18.2 Å². The van der Waals surface area contributed by atoms with Crippen molar-refractivity contribution in [1.29, 1.82) is 0 Å². The third-order valence-electron chi connectivity index (χ3n) is 6.55. The van der Waals surface area contributed by atoms with Crippen LogP contribution in [0.1, 0.15) is 22.7 Å². The van der Waals surface area contributed by atoms with Crippen molar-refractivity contribution in [3.8, 4) is 11.1 Å². The largest absolute Gasteiger partial charge is 0.480 e. The van der Waals surface area contributed by atoms with Crippen molar-refractivity contribution < 1.29 is 31.5 Å². The van der Waals surface area contributed by atoms with Gasteiger partial charge in [-0.2, -0.15) is 13.2 Å². The molecular weight excluding hydrogens is 523 g/mol. The number of benzene rings is 3. The lowest BCUT2D eigenvalue weighted by molar-refractivity contribution is -0.141. The summed E-state index contributed by atoms with van der Waals surface area (Å²) in [6.07, 6.45) is -4.85. The van der Waals surface area contributed by atoms with Crippen LogP contribution in [0.25, 0.3) is 21.9 Å². The van der Waals surface area contributed by atoms with Crippen LogP contribution in [0.2, 0.25) is 0 Å². The van der Waals surface area contributed by atoms with E-state index in [0.717, 1.165) is 29.0 Å². The fourth-order valence-electron chi connectivity index (χ4n) is 4.80. The van der Waals surface area contributed by atoms with E-state index in [4.69, 9.17) is 5.73 Å². The van der Waals surface area contributed by atoms with Crippen molar-refractivity contribution in [3.05, 3.63) is 93.8 Å². The van der Waals surface area contributed by atoms with Crippen molar-refractivity contribution in [3.63, 3.8) is 0 Å². The maximum atomic E-state index is 13.6. The molecule has 0 saturated carbocycles. The zero-order chi connectivity index (χ0) is 27.4. The maximum absolute atomic E-state index is 13.6. The van der Waals surface area contributed by atoms with E-state index in [-0.39, 0.29) is 23.1 Å². The number of hydrogen-bond acceptors (Lipinski definition) is 5. The minimum atomic E-state index is -4.75. The predicted molar refractivity (Wildman–Crippen MR) is 134 cm³/mol. The van der Waals surface area contributed by atoms with Gasteiger partial charge in [0, 0.05) is 18.5 Å². The highest BCUT2D eigenvalue weighted by Gasteiger charge is 2.40. The number of anilines is 1. The number of halogens is 3. The van der Waals surface area contributed by atoms with Crippen LogP contribution in [-0.4, -0.2) is 30.6 Å². The Morgan fingerprint density at radius 2 is 1.76 bits per heavy atom. The Morgan fingerprint density at radius 3 is 2.47 bits per heavy atom. The SMILES string of the molecule is Nc1c(Cc2cccc3ccccc23)c(-c2cccc(C(F)(F)F)c2)c2n(c1=O)C(C(=O)O)CNS2(=O)=O. The van der Waals surface area contributed by atoms with Gasteiger partial charge < -0.3 is 10.8 Å². The lowest BCUT2D eigenvalue weighted by Crippen LogP contribution is -2.48. The number of pyridine rings is 1. The molecule has 1 atom stereocenters. The summed E-state index contributed by atoms with van der Waals surface area (Å²) < 4.78 is 70.1. The number of alkyl halides is 3. The van der Waals surface area contributed by atoms with Crippen molar-refractivity contribution in [1.82, 2.24) is 9.29 Å². The zero-order valence-corrected chi connectivity index (χ0v) is 20.3. The summed E-state index contributed by atoms with van der Waals surface area (Å²) in [7, 11) is -4.52. The molecule has 4 aromatic rings. The van der Waals surface area contributed by atoms with E-state index in [2.05, 4.69) is 4.72 Å². The number of carboxylic acid groups (broad SMARTS) is 1. The maximum Gasteiger partial charge on any atom is 0.416 e. The standard InChI is InChI=1S/C26H20F3N3O5S/c27-26(28,29)17-9-4-8-16(11-17)21-19(12-15-7-3-6-14-5-1-2-10-18(14)15)22(30)23(33)32-20(25(34)35)13-31-38(36,37)24(21)32/h1-11,20,31H,12-13,30H2,(H,34,35).